The lowest BCUT2D eigenvalue weighted by molar-refractivity contribution is 0.183. The summed E-state index contributed by atoms with van der Waals surface area (Å²) >= 11 is 0. The zero-order chi connectivity index (χ0) is 26.1. The summed E-state index contributed by atoms with van der Waals surface area (Å²) in [5, 5.41) is 2.87. The Morgan fingerprint density at radius 1 is 0.947 bits per heavy atom. The first-order valence-electron chi connectivity index (χ1n) is 13.1. The third-order valence-electron chi connectivity index (χ3n) is 7.45. The van der Waals surface area contributed by atoms with Gasteiger partial charge in [0.05, 0.1) is 5.69 Å². The van der Waals surface area contributed by atoms with Crippen molar-refractivity contribution in [3.63, 3.8) is 0 Å². The summed E-state index contributed by atoms with van der Waals surface area (Å²) in [7, 11) is 0. The summed E-state index contributed by atoms with van der Waals surface area (Å²) < 4.78 is 3.45. The number of nitrogens with one attached hydrogen (secondary N) is 2. The predicted octanol–water partition coefficient (Wildman–Crippen LogP) is 4.35. The minimum atomic E-state index is -0.298. The van der Waals surface area contributed by atoms with E-state index in [4.69, 9.17) is 0 Å². The zero-order valence-electron chi connectivity index (χ0n) is 21.0. The summed E-state index contributed by atoms with van der Waals surface area (Å²) in [6.07, 6.45) is 10.7. The molecule has 1 aromatic carbocycles. The van der Waals surface area contributed by atoms with Gasteiger partial charge in [0.2, 0.25) is 0 Å². The van der Waals surface area contributed by atoms with Crippen LogP contribution in [0.3, 0.4) is 0 Å². The fraction of sp³-hybridized carbons (Fsp3) is 0.310. The average Bonchev–Trinajstić information content (AvgIpc) is 3.69. The van der Waals surface area contributed by atoms with Gasteiger partial charge in [0.15, 0.2) is 0 Å². The Kier molecular flexibility index (Phi) is 6.41. The van der Waals surface area contributed by atoms with Gasteiger partial charge in [-0.1, -0.05) is 36.4 Å². The molecule has 0 spiro atoms. The first-order chi connectivity index (χ1) is 18.5. The second kappa shape index (κ2) is 10.2. The van der Waals surface area contributed by atoms with Gasteiger partial charge in [0, 0.05) is 61.6 Å². The molecule has 9 nitrogen and oxygen atoms in total. The number of hydrogen-bond acceptors (Lipinski definition) is 4. The van der Waals surface area contributed by atoms with Crippen LogP contribution in [-0.4, -0.2) is 43.1 Å². The number of carbonyl (C=O) groups excluding carboxylic acids is 1. The van der Waals surface area contributed by atoms with Gasteiger partial charge in [0.1, 0.15) is 5.69 Å². The number of nitrogens with zero attached hydrogens (tertiary/aromatic N) is 4. The second-order valence-electron chi connectivity index (χ2n) is 10.2. The minimum Gasteiger partial charge on any atom is -0.324 e. The number of aromatic amines is 1. The molecule has 2 amide bonds. The standard InChI is InChI=1S/C29H30N6O3/c36-27-25(15-23(22-7-4-12-30-16-22)18-34(27)17-20-8-9-20)31-28(37)33-13-10-24(11-14-33)35-19-26(32-29(35)38)21-5-2-1-3-6-21/h1-7,12,15-16,18-20,24H,8-11,13-14,17H2,(H,31,37)(H,32,38). The van der Waals surface area contributed by atoms with Crippen LogP contribution in [0.4, 0.5) is 10.5 Å². The number of hydrogen-bond donors (Lipinski definition) is 2. The number of likely N-dealkylation sites (tertiary alicyclic amines) is 1. The van der Waals surface area contributed by atoms with E-state index in [1.54, 1.807) is 32.5 Å². The smallest absolute Gasteiger partial charge is 0.324 e. The van der Waals surface area contributed by atoms with Gasteiger partial charge in [-0.2, -0.15) is 0 Å². The summed E-state index contributed by atoms with van der Waals surface area (Å²) in [5.74, 6) is 0.513. The van der Waals surface area contributed by atoms with Gasteiger partial charge in [-0.15, -0.1) is 0 Å². The number of imidazole rings is 1. The average molecular weight is 511 g/mol. The third-order valence-corrected chi connectivity index (χ3v) is 7.45. The second-order valence-corrected chi connectivity index (χ2v) is 10.2. The molecule has 4 heterocycles. The molecule has 4 aromatic rings. The minimum absolute atomic E-state index is 0.00457. The molecule has 1 aliphatic carbocycles. The highest BCUT2D eigenvalue weighted by Gasteiger charge is 2.27. The topological polar surface area (TPSA) is 105 Å². The van der Waals surface area contributed by atoms with E-state index in [-0.39, 0.29) is 29.0 Å². The zero-order valence-corrected chi connectivity index (χ0v) is 21.0. The Labute approximate surface area is 219 Å². The maximum Gasteiger partial charge on any atom is 0.326 e. The van der Waals surface area contributed by atoms with E-state index in [1.165, 1.54) is 0 Å². The lowest BCUT2D eigenvalue weighted by atomic mass is 10.1. The normalized spacial score (nSPS) is 15.9. The van der Waals surface area contributed by atoms with Gasteiger partial charge >= 0.3 is 11.7 Å². The SMILES string of the molecule is O=C(Nc1cc(-c2cccnc2)cn(CC2CC2)c1=O)N1CCC(n2cc(-c3ccccc3)[nH]c2=O)CC1. The Morgan fingerprint density at radius 3 is 2.42 bits per heavy atom. The number of aromatic nitrogens is 4. The highest BCUT2D eigenvalue weighted by molar-refractivity contribution is 5.90. The van der Waals surface area contributed by atoms with Crippen LogP contribution in [0.1, 0.15) is 31.7 Å². The molecule has 0 bridgehead atoms. The van der Waals surface area contributed by atoms with Crippen molar-refractivity contribution in [3.05, 3.63) is 94.2 Å². The van der Waals surface area contributed by atoms with E-state index in [1.807, 2.05) is 54.9 Å². The quantitative estimate of drug-likeness (QED) is 0.402. The number of piperidine rings is 1. The molecular weight excluding hydrogens is 480 g/mol. The van der Waals surface area contributed by atoms with E-state index in [0.717, 1.165) is 35.2 Å². The van der Waals surface area contributed by atoms with Crippen LogP contribution in [0.25, 0.3) is 22.4 Å². The molecule has 2 N–H and O–H groups in total. The number of benzene rings is 1. The fourth-order valence-electron chi connectivity index (χ4n) is 5.12. The van der Waals surface area contributed by atoms with Crippen molar-refractivity contribution in [1.82, 2.24) is 24.0 Å². The van der Waals surface area contributed by atoms with Crippen molar-refractivity contribution >= 4 is 11.7 Å². The van der Waals surface area contributed by atoms with Crippen LogP contribution in [0.2, 0.25) is 0 Å². The maximum atomic E-state index is 13.2. The highest BCUT2D eigenvalue weighted by Crippen LogP contribution is 2.31. The number of amides is 2. The summed E-state index contributed by atoms with van der Waals surface area (Å²) in [6.45, 7) is 1.64. The van der Waals surface area contributed by atoms with Gasteiger partial charge in [-0.05, 0) is 49.3 Å². The fourth-order valence-corrected chi connectivity index (χ4v) is 5.12. The van der Waals surface area contributed by atoms with Crippen molar-refractivity contribution < 1.29 is 4.79 Å². The molecule has 38 heavy (non-hydrogen) atoms. The molecule has 6 rings (SSSR count). The molecule has 0 unspecified atom stereocenters. The maximum absolute atomic E-state index is 13.2. The van der Waals surface area contributed by atoms with Crippen molar-refractivity contribution in [3.8, 4) is 22.4 Å². The van der Waals surface area contributed by atoms with Crippen LogP contribution in [0.5, 0.6) is 0 Å². The van der Waals surface area contributed by atoms with Gasteiger partial charge in [-0.3, -0.25) is 14.3 Å². The lowest BCUT2D eigenvalue weighted by Gasteiger charge is -2.32. The van der Waals surface area contributed by atoms with Gasteiger partial charge < -0.3 is 19.8 Å². The van der Waals surface area contributed by atoms with E-state index >= 15 is 0 Å². The Morgan fingerprint density at radius 2 is 1.71 bits per heavy atom. The van der Waals surface area contributed by atoms with E-state index in [0.29, 0.717) is 38.4 Å². The Hall–Kier alpha value is -4.40. The first kappa shape index (κ1) is 24.0. The lowest BCUT2D eigenvalue weighted by Crippen LogP contribution is -2.43. The number of anilines is 1. The van der Waals surface area contributed by atoms with Crippen molar-refractivity contribution in [2.45, 2.75) is 38.3 Å². The number of urea groups is 1. The van der Waals surface area contributed by atoms with Crippen molar-refractivity contribution in [2.24, 2.45) is 5.92 Å². The molecular formula is C29H30N6O3. The number of H-pyrrole nitrogens is 1. The van der Waals surface area contributed by atoms with Crippen LogP contribution >= 0.6 is 0 Å². The summed E-state index contributed by atoms with van der Waals surface area (Å²) in [5.41, 5.74) is 3.41. The van der Waals surface area contributed by atoms with Crippen molar-refractivity contribution in [2.75, 3.05) is 18.4 Å². The number of pyridine rings is 2. The van der Waals surface area contributed by atoms with Gasteiger partial charge in [0.25, 0.3) is 5.56 Å². The Balaban J connectivity index is 1.16. The molecule has 0 atom stereocenters. The molecule has 1 saturated heterocycles. The number of rotatable bonds is 6. The van der Waals surface area contributed by atoms with Crippen LogP contribution < -0.4 is 16.6 Å². The molecule has 9 heteroatoms. The monoisotopic (exact) mass is 510 g/mol. The molecule has 2 aliphatic rings. The molecule has 0 radical (unpaired) electrons. The highest BCUT2D eigenvalue weighted by atomic mass is 16.2. The molecule has 3 aromatic heterocycles. The summed E-state index contributed by atoms with van der Waals surface area (Å²) in [4.78, 5) is 47.9. The third kappa shape index (κ3) is 5.04. The van der Waals surface area contributed by atoms with Gasteiger partial charge in [-0.25, -0.2) is 9.59 Å². The predicted molar refractivity (Wildman–Crippen MR) is 146 cm³/mol. The van der Waals surface area contributed by atoms with Crippen molar-refractivity contribution in [1.29, 1.82) is 0 Å². The van der Waals surface area contributed by atoms with E-state index < -0.39 is 0 Å². The largest absolute Gasteiger partial charge is 0.326 e. The van der Waals surface area contributed by atoms with Crippen LogP contribution in [-0.2, 0) is 6.54 Å². The molecule has 1 aliphatic heterocycles. The summed E-state index contributed by atoms with van der Waals surface area (Å²) in [6, 6.07) is 15.0. The Bertz CT molecular complexity index is 1540. The van der Waals surface area contributed by atoms with Crippen LogP contribution in [0, 0.1) is 5.92 Å². The molecule has 194 valence electrons. The molecule has 1 saturated carbocycles. The van der Waals surface area contributed by atoms with E-state index in [2.05, 4.69) is 15.3 Å². The number of carbonyl (C=O) groups is 1. The van der Waals surface area contributed by atoms with E-state index in [9.17, 15) is 14.4 Å². The molecule has 2 fully saturated rings. The first-order valence-corrected chi connectivity index (χ1v) is 13.1. The van der Waals surface area contributed by atoms with Crippen LogP contribution in [0.15, 0.2) is 82.9 Å².